The van der Waals surface area contributed by atoms with Crippen molar-refractivity contribution in [3.63, 3.8) is 0 Å². The van der Waals surface area contributed by atoms with Crippen LogP contribution in [0.2, 0.25) is 0 Å². The third-order valence-electron chi connectivity index (χ3n) is 6.94. The number of fused-ring (bicyclic) bond motifs is 2. The zero-order valence-electron chi connectivity index (χ0n) is 13.5. The molecule has 1 saturated carbocycles. The molecule has 23 heavy (non-hydrogen) atoms. The van der Waals surface area contributed by atoms with Crippen molar-refractivity contribution < 1.29 is 10.2 Å². The van der Waals surface area contributed by atoms with Crippen molar-refractivity contribution in [2.75, 3.05) is 0 Å². The second-order valence-electron chi connectivity index (χ2n) is 7.96. The molecule has 0 saturated heterocycles. The zero-order valence-corrected chi connectivity index (χ0v) is 13.5. The van der Waals surface area contributed by atoms with Gasteiger partial charge in [0.1, 0.15) is 11.5 Å². The Kier molecular flexibility index (Phi) is 2.41. The van der Waals surface area contributed by atoms with Crippen LogP contribution in [0.15, 0.2) is 36.4 Å². The van der Waals surface area contributed by atoms with Crippen LogP contribution < -0.4 is 0 Å². The maximum absolute atomic E-state index is 10.8. The number of rotatable bonds is 0. The van der Waals surface area contributed by atoms with Gasteiger partial charge in [0.25, 0.3) is 0 Å². The van der Waals surface area contributed by atoms with E-state index in [4.69, 9.17) is 0 Å². The molecule has 1 spiro atoms. The van der Waals surface area contributed by atoms with Gasteiger partial charge in [-0.1, -0.05) is 37.6 Å². The Labute approximate surface area is 136 Å². The Morgan fingerprint density at radius 1 is 0.957 bits per heavy atom. The number of phenolic OH excluding ortho intramolecular Hbond substituents is 2. The van der Waals surface area contributed by atoms with Crippen molar-refractivity contribution in [3.05, 3.63) is 58.7 Å². The van der Waals surface area contributed by atoms with Crippen molar-refractivity contribution in [1.29, 1.82) is 0 Å². The molecular formula is C21H22O2. The fraction of sp³-hybridized carbons (Fsp3) is 0.429. The molecule has 0 unspecified atom stereocenters. The molecule has 0 heterocycles. The van der Waals surface area contributed by atoms with Crippen LogP contribution in [-0.2, 0) is 18.3 Å². The first kappa shape index (κ1) is 13.5. The molecular weight excluding hydrogens is 284 g/mol. The highest BCUT2D eigenvalue weighted by atomic mass is 16.3. The molecule has 2 N–H and O–H groups in total. The molecule has 2 aromatic rings. The summed E-state index contributed by atoms with van der Waals surface area (Å²) in [4.78, 5) is 0. The van der Waals surface area contributed by atoms with Crippen LogP contribution in [-0.4, -0.2) is 10.2 Å². The van der Waals surface area contributed by atoms with E-state index in [1.54, 1.807) is 0 Å². The molecule has 0 aromatic heterocycles. The van der Waals surface area contributed by atoms with Crippen molar-refractivity contribution in [1.82, 2.24) is 0 Å². The number of hydrogen-bond acceptors (Lipinski definition) is 2. The van der Waals surface area contributed by atoms with E-state index < -0.39 is 0 Å². The largest absolute Gasteiger partial charge is 0.508 e. The fourth-order valence-electron chi connectivity index (χ4n) is 6.35. The van der Waals surface area contributed by atoms with E-state index in [-0.39, 0.29) is 10.8 Å². The van der Waals surface area contributed by atoms with Gasteiger partial charge in [-0.15, -0.1) is 0 Å². The van der Waals surface area contributed by atoms with E-state index in [0.717, 1.165) is 30.4 Å². The van der Waals surface area contributed by atoms with Crippen LogP contribution in [0.1, 0.15) is 48.4 Å². The molecule has 0 radical (unpaired) electrons. The van der Waals surface area contributed by atoms with Gasteiger partial charge in [-0.2, -0.15) is 0 Å². The van der Waals surface area contributed by atoms with E-state index in [1.165, 1.54) is 24.0 Å². The lowest BCUT2D eigenvalue weighted by atomic mass is 9.52. The lowest BCUT2D eigenvalue weighted by molar-refractivity contribution is 0.0765. The first-order chi connectivity index (χ1) is 11.1. The van der Waals surface area contributed by atoms with E-state index in [0.29, 0.717) is 17.4 Å². The van der Waals surface area contributed by atoms with Gasteiger partial charge in [0.15, 0.2) is 0 Å². The molecule has 2 aromatic carbocycles. The summed E-state index contributed by atoms with van der Waals surface area (Å²) in [5, 5.41) is 21.5. The maximum Gasteiger partial charge on any atom is 0.119 e. The second-order valence-corrected chi connectivity index (χ2v) is 7.96. The third-order valence-corrected chi connectivity index (χ3v) is 6.94. The van der Waals surface area contributed by atoms with Gasteiger partial charge in [0.2, 0.25) is 0 Å². The van der Waals surface area contributed by atoms with Crippen LogP contribution in [0, 0.1) is 11.3 Å². The summed E-state index contributed by atoms with van der Waals surface area (Å²) in [5.74, 6) is 1.31. The summed E-state index contributed by atoms with van der Waals surface area (Å²) in [5.41, 5.74) is 4.63. The van der Waals surface area contributed by atoms with E-state index in [2.05, 4.69) is 19.1 Å². The Hall–Kier alpha value is -1.96. The van der Waals surface area contributed by atoms with E-state index in [1.807, 2.05) is 24.3 Å². The van der Waals surface area contributed by atoms with Crippen molar-refractivity contribution in [3.8, 4) is 11.5 Å². The Balaban J connectivity index is 1.93. The van der Waals surface area contributed by atoms with Gasteiger partial charge in [-0.05, 0) is 60.3 Å². The maximum atomic E-state index is 10.8. The number of phenols is 2. The summed E-state index contributed by atoms with van der Waals surface area (Å²) in [6, 6.07) is 11.9. The third kappa shape index (κ3) is 1.37. The van der Waals surface area contributed by atoms with Crippen LogP contribution in [0.25, 0.3) is 0 Å². The minimum atomic E-state index is -0.216. The minimum absolute atomic E-state index is 0.0845. The summed E-state index contributed by atoms with van der Waals surface area (Å²) in [7, 11) is 0. The molecule has 0 aliphatic heterocycles. The van der Waals surface area contributed by atoms with Gasteiger partial charge in [-0.3, -0.25) is 0 Å². The fourth-order valence-corrected chi connectivity index (χ4v) is 6.35. The average Bonchev–Trinajstić information content (AvgIpc) is 2.98. The van der Waals surface area contributed by atoms with Gasteiger partial charge in [-0.25, -0.2) is 0 Å². The first-order valence-electron chi connectivity index (χ1n) is 8.70. The van der Waals surface area contributed by atoms with Crippen molar-refractivity contribution in [2.24, 2.45) is 11.3 Å². The van der Waals surface area contributed by atoms with Crippen molar-refractivity contribution >= 4 is 0 Å². The Bertz CT molecular complexity index is 806. The van der Waals surface area contributed by atoms with Gasteiger partial charge in [0, 0.05) is 16.5 Å². The summed E-state index contributed by atoms with van der Waals surface area (Å²) >= 11 is 0. The Morgan fingerprint density at radius 2 is 1.61 bits per heavy atom. The van der Waals surface area contributed by atoms with Crippen LogP contribution in [0.5, 0.6) is 11.5 Å². The van der Waals surface area contributed by atoms with E-state index in [9.17, 15) is 10.2 Å². The molecule has 5 rings (SSSR count). The lowest BCUT2D eigenvalue weighted by Gasteiger charge is -2.51. The molecule has 2 heteroatoms. The first-order valence-corrected chi connectivity index (χ1v) is 8.70. The van der Waals surface area contributed by atoms with Crippen LogP contribution in [0.3, 0.4) is 0 Å². The summed E-state index contributed by atoms with van der Waals surface area (Å²) < 4.78 is 0. The number of aromatic hydroxyl groups is 2. The highest BCUT2D eigenvalue weighted by Crippen LogP contribution is 2.70. The normalized spacial score (nSPS) is 33.7. The quantitative estimate of drug-likeness (QED) is 0.761. The topological polar surface area (TPSA) is 40.5 Å². The predicted octanol–water partition coefficient (Wildman–Crippen LogP) is 4.30. The highest BCUT2D eigenvalue weighted by molar-refractivity contribution is 5.65. The SMILES string of the molecule is C[C@]12CCC[C@@H]3Cc4cccc(O)c4[C@@]31c1c(O)cccc1C2. The average molecular weight is 306 g/mol. The van der Waals surface area contributed by atoms with Gasteiger partial charge >= 0.3 is 0 Å². The molecule has 3 atom stereocenters. The molecule has 3 aliphatic rings. The van der Waals surface area contributed by atoms with Gasteiger partial charge < -0.3 is 10.2 Å². The molecule has 0 amide bonds. The number of benzene rings is 2. The Morgan fingerprint density at radius 3 is 2.35 bits per heavy atom. The summed E-state index contributed by atoms with van der Waals surface area (Å²) in [6.07, 6.45) is 5.60. The standard InChI is InChI=1S/C21H22O2/c1-20-10-4-7-15-11-13-5-2-8-16(22)18(13)21(15,20)19-14(12-20)6-3-9-17(19)23/h2-3,5-6,8-9,15,22-23H,4,7,10-12H2,1H3/t15-,20-,21-/m1/s1. The number of hydrogen-bond donors (Lipinski definition) is 2. The molecule has 2 nitrogen and oxygen atoms in total. The zero-order chi connectivity index (χ0) is 15.8. The molecule has 1 fully saturated rings. The smallest absolute Gasteiger partial charge is 0.119 e. The second kappa shape index (κ2) is 4.11. The molecule has 0 bridgehead atoms. The lowest BCUT2D eigenvalue weighted by Crippen LogP contribution is -2.48. The monoisotopic (exact) mass is 306 g/mol. The predicted molar refractivity (Wildman–Crippen MR) is 89.8 cm³/mol. The minimum Gasteiger partial charge on any atom is -0.508 e. The van der Waals surface area contributed by atoms with Crippen LogP contribution >= 0.6 is 0 Å². The summed E-state index contributed by atoms with van der Waals surface area (Å²) in [6.45, 7) is 2.38. The highest BCUT2D eigenvalue weighted by Gasteiger charge is 2.65. The molecule has 118 valence electrons. The van der Waals surface area contributed by atoms with Gasteiger partial charge in [0.05, 0.1) is 0 Å². The molecule has 3 aliphatic carbocycles. The van der Waals surface area contributed by atoms with Crippen LogP contribution in [0.4, 0.5) is 0 Å². The van der Waals surface area contributed by atoms with Crippen molar-refractivity contribution in [2.45, 2.75) is 44.4 Å². The van der Waals surface area contributed by atoms with E-state index >= 15 is 0 Å².